The second-order valence-electron chi connectivity index (χ2n) is 4.58. The van der Waals surface area contributed by atoms with Crippen LogP contribution in [-0.4, -0.2) is 31.2 Å². The first-order valence-corrected chi connectivity index (χ1v) is 5.93. The van der Waals surface area contributed by atoms with Crippen molar-refractivity contribution < 1.29 is 9.53 Å². The monoisotopic (exact) mass is 212 g/mol. The molecule has 1 saturated heterocycles. The second-order valence-corrected chi connectivity index (χ2v) is 4.58. The predicted molar refractivity (Wildman–Crippen MR) is 57.3 cm³/mol. The summed E-state index contributed by atoms with van der Waals surface area (Å²) in [5.41, 5.74) is 5.49. The highest BCUT2D eigenvalue weighted by atomic mass is 16.5. The molecule has 2 unspecified atom stereocenters. The first kappa shape index (κ1) is 10.9. The van der Waals surface area contributed by atoms with Crippen LogP contribution in [0.5, 0.6) is 0 Å². The molecule has 1 saturated carbocycles. The van der Waals surface area contributed by atoms with Gasteiger partial charge in [-0.15, -0.1) is 0 Å². The third-order valence-electron chi connectivity index (χ3n) is 3.21. The van der Waals surface area contributed by atoms with Crippen molar-refractivity contribution >= 4 is 5.91 Å². The molecule has 2 atom stereocenters. The van der Waals surface area contributed by atoms with E-state index in [2.05, 4.69) is 5.32 Å². The molecular formula is C11H20N2O2. The number of amides is 1. The smallest absolute Gasteiger partial charge is 0.249 e. The normalized spacial score (nSPS) is 30.5. The van der Waals surface area contributed by atoms with Crippen LogP contribution >= 0.6 is 0 Å². The molecule has 4 nitrogen and oxygen atoms in total. The molecule has 0 aromatic rings. The first-order valence-electron chi connectivity index (χ1n) is 5.93. The molecule has 1 aliphatic carbocycles. The minimum absolute atomic E-state index is 0.0478. The Bertz CT molecular complexity index is 229. The largest absolute Gasteiger partial charge is 0.364 e. The topological polar surface area (TPSA) is 64.4 Å². The number of carbonyl (C=O) groups is 1. The SMILES string of the molecule is NCC1CCC(C(=O)NCCC2CC2)O1. The number of rotatable bonds is 5. The zero-order chi connectivity index (χ0) is 10.7. The lowest BCUT2D eigenvalue weighted by molar-refractivity contribution is -0.131. The van der Waals surface area contributed by atoms with Crippen molar-refractivity contribution in [1.82, 2.24) is 5.32 Å². The number of carbonyl (C=O) groups excluding carboxylic acids is 1. The van der Waals surface area contributed by atoms with Crippen molar-refractivity contribution in [2.75, 3.05) is 13.1 Å². The van der Waals surface area contributed by atoms with Crippen molar-refractivity contribution in [3.63, 3.8) is 0 Å². The molecule has 1 heterocycles. The quantitative estimate of drug-likeness (QED) is 0.693. The van der Waals surface area contributed by atoms with Gasteiger partial charge in [-0.05, 0) is 25.2 Å². The predicted octanol–water partition coefficient (Wildman–Crippen LogP) is 0.409. The van der Waals surface area contributed by atoms with Crippen LogP contribution in [0.4, 0.5) is 0 Å². The molecule has 2 rings (SSSR count). The highest BCUT2D eigenvalue weighted by Crippen LogP contribution is 2.31. The average Bonchev–Trinajstić information content (AvgIpc) is 2.94. The van der Waals surface area contributed by atoms with Crippen LogP contribution in [0.3, 0.4) is 0 Å². The van der Waals surface area contributed by atoms with E-state index in [1.165, 1.54) is 12.8 Å². The average molecular weight is 212 g/mol. The van der Waals surface area contributed by atoms with E-state index in [1.807, 2.05) is 0 Å². The summed E-state index contributed by atoms with van der Waals surface area (Å²) in [6.07, 6.45) is 5.37. The maximum absolute atomic E-state index is 11.6. The van der Waals surface area contributed by atoms with Gasteiger partial charge in [-0.2, -0.15) is 0 Å². The summed E-state index contributed by atoms with van der Waals surface area (Å²) in [7, 11) is 0. The number of nitrogens with two attached hydrogens (primary N) is 1. The third-order valence-corrected chi connectivity index (χ3v) is 3.21. The summed E-state index contributed by atoms with van der Waals surface area (Å²) in [5.74, 6) is 0.915. The maximum Gasteiger partial charge on any atom is 0.249 e. The van der Waals surface area contributed by atoms with E-state index in [1.54, 1.807) is 0 Å². The molecule has 86 valence electrons. The van der Waals surface area contributed by atoms with Crippen LogP contribution in [0.1, 0.15) is 32.1 Å². The molecule has 2 aliphatic rings. The molecule has 3 N–H and O–H groups in total. The molecule has 0 radical (unpaired) electrons. The Labute approximate surface area is 90.5 Å². The Morgan fingerprint density at radius 1 is 1.33 bits per heavy atom. The summed E-state index contributed by atoms with van der Waals surface area (Å²) < 4.78 is 5.51. The molecule has 0 spiro atoms. The Balaban J connectivity index is 1.62. The van der Waals surface area contributed by atoms with Crippen LogP contribution in [0.25, 0.3) is 0 Å². The van der Waals surface area contributed by atoms with E-state index >= 15 is 0 Å². The summed E-state index contributed by atoms with van der Waals surface area (Å²) in [6, 6.07) is 0. The fourth-order valence-corrected chi connectivity index (χ4v) is 1.99. The van der Waals surface area contributed by atoms with Gasteiger partial charge in [0.05, 0.1) is 6.10 Å². The van der Waals surface area contributed by atoms with Gasteiger partial charge in [0.1, 0.15) is 6.10 Å². The van der Waals surface area contributed by atoms with Crippen LogP contribution in [0.15, 0.2) is 0 Å². The maximum atomic E-state index is 11.6. The van der Waals surface area contributed by atoms with Gasteiger partial charge < -0.3 is 15.8 Å². The number of hydrogen-bond donors (Lipinski definition) is 2. The summed E-state index contributed by atoms with van der Waals surface area (Å²) in [5, 5.41) is 2.94. The molecule has 1 amide bonds. The summed E-state index contributed by atoms with van der Waals surface area (Å²) >= 11 is 0. The van der Waals surface area contributed by atoms with E-state index in [-0.39, 0.29) is 18.1 Å². The highest BCUT2D eigenvalue weighted by molar-refractivity contribution is 5.80. The van der Waals surface area contributed by atoms with Gasteiger partial charge in [0.15, 0.2) is 0 Å². The van der Waals surface area contributed by atoms with Crippen LogP contribution in [-0.2, 0) is 9.53 Å². The van der Waals surface area contributed by atoms with Crippen LogP contribution in [0, 0.1) is 5.92 Å². The zero-order valence-corrected chi connectivity index (χ0v) is 9.08. The lowest BCUT2D eigenvalue weighted by Crippen LogP contribution is -2.36. The van der Waals surface area contributed by atoms with Gasteiger partial charge in [0.2, 0.25) is 5.91 Å². The molecule has 15 heavy (non-hydrogen) atoms. The van der Waals surface area contributed by atoms with E-state index in [9.17, 15) is 4.79 Å². The second kappa shape index (κ2) is 4.94. The van der Waals surface area contributed by atoms with E-state index in [4.69, 9.17) is 10.5 Å². The Morgan fingerprint density at radius 3 is 2.73 bits per heavy atom. The zero-order valence-electron chi connectivity index (χ0n) is 9.08. The lowest BCUT2D eigenvalue weighted by Gasteiger charge is -2.12. The molecule has 4 heteroatoms. The number of ether oxygens (including phenoxy) is 1. The number of hydrogen-bond acceptors (Lipinski definition) is 3. The Morgan fingerprint density at radius 2 is 2.13 bits per heavy atom. The highest BCUT2D eigenvalue weighted by Gasteiger charge is 2.29. The van der Waals surface area contributed by atoms with Gasteiger partial charge in [-0.3, -0.25) is 4.79 Å². The summed E-state index contributed by atoms with van der Waals surface area (Å²) in [4.78, 5) is 11.6. The fraction of sp³-hybridized carbons (Fsp3) is 0.909. The van der Waals surface area contributed by atoms with Gasteiger partial charge in [0.25, 0.3) is 0 Å². The van der Waals surface area contributed by atoms with Crippen LogP contribution < -0.4 is 11.1 Å². The van der Waals surface area contributed by atoms with E-state index in [0.717, 1.165) is 31.7 Å². The Kier molecular flexibility index (Phi) is 3.59. The molecular weight excluding hydrogens is 192 g/mol. The molecule has 2 fully saturated rings. The van der Waals surface area contributed by atoms with E-state index < -0.39 is 0 Å². The van der Waals surface area contributed by atoms with Crippen molar-refractivity contribution in [1.29, 1.82) is 0 Å². The molecule has 0 aromatic carbocycles. The first-order chi connectivity index (χ1) is 7.29. The minimum atomic E-state index is -0.252. The van der Waals surface area contributed by atoms with Crippen molar-refractivity contribution in [3.05, 3.63) is 0 Å². The van der Waals surface area contributed by atoms with Crippen molar-refractivity contribution in [3.8, 4) is 0 Å². The fourth-order valence-electron chi connectivity index (χ4n) is 1.99. The number of nitrogens with one attached hydrogen (secondary N) is 1. The van der Waals surface area contributed by atoms with E-state index in [0.29, 0.717) is 6.54 Å². The minimum Gasteiger partial charge on any atom is -0.364 e. The van der Waals surface area contributed by atoms with Crippen molar-refractivity contribution in [2.24, 2.45) is 11.7 Å². The summed E-state index contributed by atoms with van der Waals surface area (Å²) in [6.45, 7) is 1.32. The molecule has 0 aromatic heterocycles. The molecule has 0 bridgehead atoms. The third kappa shape index (κ3) is 3.18. The van der Waals surface area contributed by atoms with Crippen LogP contribution in [0.2, 0.25) is 0 Å². The van der Waals surface area contributed by atoms with Gasteiger partial charge in [-0.1, -0.05) is 12.8 Å². The van der Waals surface area contributed by atoms with Crippen molar-refractivity contribution in [2.45, 2.75) is 44.3 Å². The lowest BCUT2D eigenvalue weighted by atomic mass is 10.2. The Hall–Kier alpha value is -0.610. The van der Waals surface area contributed by atoms with Gasteiger partial charge in [0, 0.05) is 13.1 Å². The molecule has 1 aliphatic heterocycles. The van der Waals surface area contributed by atoms with Gasteiger partial charge >= 0.3 is 0 Å². The van der Waals surface area contributed by atoms with Gasteiger partial charge in [-0.25, -0.2) is 0 Å². The standard InChI is InChI=1S/C11H20N2O2/c12-7-9-3-4-10(15-9)11(14)13-6-5-8-1-2-8/h8-10H,1-7,12H2,(H,13,14).